The predicted octanol–water partition coefficient (Wildman–Crippen LogP) is 3.22. The molecule has 1 aromatic carbocycles. The summed E-state index contributed by atoms with van der Waals surface area (Å²) in [6.45, 7) is 2.43. The summed E-state index contributed by atoms with van der Waals surface area (Å²) < 4.78 is 33.5. The lowest BCUT2D eigenvalue weighted by Crippen LogP contribution is -2.37. The maximum absolute atomic E-state index is 13.8. The van der Waals surface area contributed by atoms with Gasteiger partial charge in [0.15, 0.2) is 15.7 Å². The molecule has 2 fully saturated rings. The van der Waals surface area contributed by atoms with E-state index in [1.54, 1.807) is 54.5 Å². The van der Waals surface area contributed by atoms with Gasteiger partial charge in [0.2, 0.25) is 0 Å². The predicted molar refractivity (Wildman–Crippen MR) is 149 cm³/mol. The second-order valence-corrected chi connectivity index (χ2v) is 12.0. The number of anilines is 3. The molecular formula is C27H28N8O4S. The van der Waals surface area contributed by atoms with Crippen LogP contribution in [0.25, 0.3) is 11.4 Å². The summed E-state index contributed by atoms with van der Waals surface area (Å²) in [4.78, 5) is 28.3. The fraction of sp³-hybridized carbons (Fsp3) is 0.296. The van der Waals surface area contributed by atoms with E-state index in [2.05, 4.69) is 25.6 Å². The number of pyridine rings is 1. The van der Waals surface area contributed by atoms with Crippen LogP contribution < -0.4 is 15.5 Å². The van der Waals surface area contributed by atoms with Crippen LogP contribution in [0.4, 0.5) is 22.0 Å². The van der Waals surface area contributed by atoms with E-state index in [0.29, 0.717) is 73.4 Å². The number of ether oxygens (including phenoxy) is 1. The molecule has 0 unspecified atom stereocenters. The Labute approximate surface area is 231 Å². The lowest BCUT2D eigenvalue weighted by molar-refractivity contribution is 0.122. The van der Waals surface area contributed by atoms with E-state index in [9.17, 15) is 13.2 Å². The molecule has 4 heterocycles. The van der Waals surface area contributed by atoms with Crippen LogP contribution in [0.1, 0.15) is 18.5 Å². The second kappa shape index (κ2) is 10.3. The van der Waals surface area contributed by atoms with E-state index >= 15 is 0 Å². The second-order valence-electron chi connectivity index (χ2n) is 9.77. The lowest BCUT2D eigenvalue weighted by atomic mass is 10.1. The van der Waals surface area contributed by atoms with Crippen LogP contribution in [0.3, 0.4) is 0 Å². The van der Waals surface area contributed by atoms with E-state index < -0.39 is 20.6 Å². The zero-order valence-corrected chi connectivity index (χ0v) is 22.6. The lowest BCUT2D eigenvalue weighted by Gasteiger charge is -2.29. The number of carbonyl (C=O) groups excluding carboxylic acids is 1. The van der Waals surface area contributed by atoms with Crippen molar-refractivity contribution in [2.24, 2.45) is 7.05 Å². The topological polar surface area (TPSA) is 144 Å². The van der Waals surface area contributed by atoms with Gasteiger partial charge in [-0.15, -0.1) is 0 Å². The summed E-state index contributed by atoms with van der Waals surface area (Å²) in [5.74, 6) is 1.08. The fourth-order valence-corrected chi connectivity index (χ4v) is 6.70. The Bertz CT molecular complexity index is 1630. The highest BCUT2D eigenvalue weighted by atomic mass is 32.2. The molecule has 0 atom stereocenters. The van der Waals surface area contributed by atoms with Crippen LogP contribution in [0.5, 0.6) is 0 Å². The van der Waals surface area contributed by atoms with Gasteiger partial charge in [0.05, 0.1) is 35.7 Å². The van der Waals surface area contributed by atoms with Crippen LogP contribution in [0.15, 0.2) is 72.1 Å². The number of urea groups is 1. The van der Waals surface area contributed by atoms with Gasteiger partial charge in [-0.2, -0.15) is 5.10 Å². The number of amides is 2. The maximum atomic E-state index is 13.8. The molecule has 1 aliphatic heterocycles. The molecule has 40 heavy (non-hydrogen) atoms. The summed E-state index contributed by atoms with van der Waals surface area (Å²) in [6.07, 6.45) is 7.18. The number of aryl methyl sites for hydroxylation is 1. The Kier molecular flexibility index (Phi) is 6.68. The van der Waals surface area contributed by atoms with Crippen molar-refractivity contribution in [2.75, 3.05) is 41.8 Å². The normalized spacial score (nSPS) is 16.4. The highest BCUT2D eigenvalue weighted by Gasteiger charge is 2.58. The minimum atomic E-state index is -3.71. The van der Waals surface area contributed by atoms with E-state index in [1.807, 2.05) is 0 Å². The SMILES string of the molecule is Cn1cc(NC(=O)Nc2ccc(-c3nc(N4CCOCC4)cc(C4(S(=O)(=O)c5ccncc5)CC4)n3)cc2)cn1. The average molecular weight is 561 g/mol. The molecule has 2 N–H and O–H groups in total. The minimum Gasteiger partial charge on any atom is -0.378 e. The number of hydrogen-bond acceptors (Lipinski definition) is 9. The third-order valence-corrected chi connectivity index (χ3v) is 9.60. The monoisotopic (exact) mass is 560 g/mol. The highest BCUT2D eigenvalue weighted by molar-refractivity contribution is 7.92. The van der Waals surface area contributed by atoms with Gasteiger partial charge in [-0.1, -0.05) is 0 Å². The van der Waals surface area contributed by atoms with Gasteiger partial charge in [-0.3, -0.25) is 9.67 Å². The van der Waals surface area contributed by atoms with Crippen LogP contribution >= 0.6 is 0 Å². The summed E-state index contributed by atoms with van der Waals surface area (Å²) >= 11 is 0. The van der Waals surface area contributed by atoms with Gasteiger partial charge in [0.25, 0.3) is 0 Å². The van der Waals surface area contributed by atoms with Gasteiger partial charge in [-0.25, -0.2) is 23.2 Å². The summed E-state index contributed by atoms with van der Waals surface area (Å²) in [5.41, 5.74) is 2.34. The number of carbonyl (C=O) groups is 1. The number of benzene rings is 1. The van der Waals surface area contributed by atoms with Gasteiger partial charge in [-0.05, 0) is 49.2 Å². The molecule has 12 nitrogen and oxygen atoms in total. The standard InChI is InChI=1S/C27H28N8O4S/c1-34-18-21(17-29-34)31-26(36)30-20-4-2-19(3-5-20)25-32-23(16-24(33-25)35-12-14-39-15-13-35)27(8-9-27)40(37,38)22-6-10-28-11-7-22/h2-7,10-11,16-18H,8-9,12-15H2,1H3,(H2,30,31,36). The summed E-state index contributed by atoms with van der Waals surface area (Å²) in [5, 5.41) is 9.55. The Balaban J connectivity index is 1.31. The molecule has 0 radical (unpaired) electrons. The fourth-order valence-electron chi connectivity index (χ4n) is 4.75. The van der Waals surface area contributed by atoms with E-state index in [0.717, 1.165) is 0 Å². The summed E-state index contributed by atoms with van der Waals surface area (Å²) in [6, 6.07) is 11.6. The van der Waals surface area contributed by atoms with Crippen molar-refractivity contribution in [3.8, 4) is 11.4 Å². The first-order valence-corrected chi connectivity index (χ1v) is 14.4. The smallest absolute Gasteiger partial charge is 0.323 e. The first-order valence-electron chi connectivity index (χ1n) is 12.9. The van der Waals surface area contributed by atoms with E-state index in [-0.39, 0.29) is 4.90 Å². The van der Waals surface area contributed by atoms with Gasteiger partial charge in [0.1, 0.15) is 10.6 Å². The van der Waals surface area contributed by atoms with Crippen LogP contribution in [0.2, 0.25) is 0 Å². The number of aromatic nitrogens is 5. The number of nitrogens with zero attached hydrogens (tertiary/aromatic N) is 6. The molecule has 13 heteroatoms. The van der Waals surface area contributed by atoms with Crippen molar-refractivity contribution in [3.05, 3.63) is 72.9 Å². The van der Waals surface area contributed by atoms with Crippen LogP contribution in [-0.2, 0) is 26.4 Å². The molecule has 1 aliphatic carbocycles. The Morgan fingerprint density at radius 1 is 0.975 bits per heavy atom. The first-order chi connectivity index (χ1) is 19.3. The molecular weight excluding hydrogens is 532 g/mol. The molecule has 0 bridgehead atoms. The largest absolute Gasteiger partial charge is 0.378 e. The number of morpholine rings is 1. The third kappa shape index (κ3) is 5.00. The number of hydrogen-bond donors (Lipinski definition) is 2. The average Bonchev–Trinajstić information content (AvgIpc) is 3.71. The molecule has 2 amide bonds. The minimum absolute atomic E-state index is 0.230. The van der Waals surface area contributed by atoms with Gasteiger partial charge < -0.3 is 20.3 Å². The molecule has 1 saturated heterocycles. The summed E-state index contributed by atoms with van der Waals surface area (Å²) in [7, 11) is -1.94. The van der Waals surface area contributed by atoms with Gasteiger partial charge in [0, 0.05) is 56.0 Å². The molecule has 2 aliphatic rings. The zero-order chi connectivity index (χ0) is 27.7. The van der Waals surface area contributed by atoms with Crippen molar-refractivity contribution in [1.29, 1.82) is 0 Å². The molecule has 4 aromatic rings. The van der Waals surface area contributed by atoms with Gasteiger partial charge >= 0.3 is 6.03 Å². The Hall–Kier alpha value is -4.36. The number of sulfone groups is 1. The maximum Gasteiger partial charge on any atom is 0.323 e. The van der Waals surface area contributed by atoms with E-state index in [4.69, 9.17) is 14.7 Å². The quantitative estimate of drug-likeness (QED) is 0.348. The molecule has 0 spiro atoms. The molecule has 6 rings (SSSR count). The van der Waals surface area contributed by atoms with Crippen molar-refractivity contribution >= 4 is 33.1 Å². The van der Waals surface area contributed by atoms with Crippen LogP contribution in [-0.4, -0.2) is 65.5 Å². The Morgan fingerprint density at radius 3 is 2.33 bits per heavy atom. The third-order valence-electron chi connectivity index (χ3n) is 7.06. The van der Waals surface area contributed by atoms with Crippen molar-refractivity contribution in [1.82, 2.24) is 24.7 Å². The van der Waals surface area contributed by atoms with Crippen LogP contribution in [0, 0.1) is 0 Å². The molecule has 3 aromatic heterocycles. The van der Waals surface area contributed by atoms with Crippen molar-refractivity contribution in [3.63, 3.8) is 0 Å². The molecule has 1 saturated carbocycles. The molecule has 206 valence electrons. The first kappa shape index (κ1) is 25.9. The van der Waals surface area contributed by atoms with E-state index in [1.165, 1.54) is 24.5 Å². The number of nitrogens with one attached hydrogen (secondary N) is 2. The zero-order valence-electron chi connectivity index (χ0n) is 21.8. The number of rotatable bonds is 7. The van der Waals surface area contributed by atoms with Crippen molar-refractivity contribution < 1.29 is 17.9 Å². The highest BCUT2D eigenvalue weighted by Crippen LogP contribution is 2.55. The Morgan fingerprint density at radius 2 is 1.68 bits per heavy atom. The van der Waals surface area contributed by atoms with Crippen molar-refractivity contribution in [2.45, 2.75) is 22.5 Å².